The Labute approximate surface area is 93.3 Å². The van der Waals surface area contributed by atoms with E-state index >= 15 is 0 Å². The number of fused-ring (bicyclic) bond motifs is 1. The summed E-state index contributed by atoms with van der Waals surface area (Å²) in [4.78, 5) is 18.1. The fourth-order valence-electron chi connectivity index (χ4n) is 1.52. The molecule has 0 aliphatic heterocycles. The second-order valence-corrected chi connectivity index (χ2v) is 4.01. The zero-order valence-corrected chi connectivity index (χ0v) is 9.47. The summed E-state index contributed by atoms with van der Waals surface area (Å²) >= 11 is 0. The van der Waals surface area contributed by atoms with E-state index in [4.69, 9.17) is 0 Å². The molecule has 0 aliphatic rings. The van der Waals surface area contributed by atoms with E-state index in [0.29, 0.717) is 11.3 Å². The van der Waals surface area contributed by atoms with Crippen molar-refractivity contribution >= 4 is 11.0 Å². The van der Waals surface area contributed by atoms with Crippen LogP contribution in [0.1, 0.15) is 5.82 Å². The van der Waals surface area contributed by atoms with E-state index in [0.717, 1.165) is 23.0 Å². The van der Waals surface area contributed by atoms with Crippen LogP contribution in [0, 0.1) is 4.91 Å². The predicted molar refractivity (Wildman–Crippen MR) is 61.7 cm³/mol. The molecular weight excluding hydrogens is 204 g/mol. The van der Waals surface area contributed by atoms with Gasteiger partial charge in [-0.15, -0.1) is 0 Å². The van der Waals surface area contributed by atoms with Crippen molar-refractivity contribution in [3.8, 4) is 0 Å². The van der Waals surface area contributed by atoms with Crippen molar-refractivity contribution in [1.82, 2.24) is 15.0 Å². The van der Waals surface area contributed by atoms with E-state index in [1.807, 2.05) is 32.3 Å². The average Bonchev–Trinajstić information content (AvgIpc) is 2.26. The number of hydrogen-bond acceptors (Lipinski definition) is 3. The van der Waals surface area contributed by atoms with Crippen molar-refractivity contribution in [2.75, 3.05) is 20.6 Å². The number of rotatable bonds is 3. The molecule has 0 aliphatic carbocycles. The Morgan fingerprint density at radius 2 is 2.12 bits per heavy atom. The van der Waals surface area contributed by atoms with Gasteiger partial charge in [-0.2, -0.15) is 0 Å². The number of hydrogen-bond donors (Lipinski definition) is 1. The van der Waals surface area contributed by atoms with Gasteiger partial charge in [-0.25, -0.2) is 4.98 Å². The molecule has 0 saturated carbocycles. The largest absolute Gasteiger partial charge is 0.317 e. The van der Waals surface area contributed by atoms with Gasteiger partial charge in [0.2, 0.25) is 0 Å². The van der Waals surface area contributed by atoms with Crippen molar-refractivity contribution in [3.63, 3.8) is 0 Å². The molecular formula is C11H15N4O+. The first-order chi connectivity index (χ1) is 7.66. The number of nitrogens with one attached hydrogen (secondary N) is 1. The number of aromatic nitrogens is 3. The Balaban J connectivity index is 2.38. The van der Waals surface area contributed by atoms with Crippen LogP contribution in [0.15, 0.2) is 24.3 Å². The minimum Gasteiger partial charge on any atom is -0.309 e. The van der Waals surface area contributed by atoms with Crippen LogP contribution >= 0.6 is 0 Å². The Morgan fingerprint density at radius 3 is 2.88 bits per heavy atom. The van der Waals surface area contributed by atoms with Crippen molar-refractivity contribution in [3.05, 3.63) is 35.0 Å². The van der Waals surface area contributed by atoms with Gasteiger partial charge in [0, 0.05) is 19.0 Å². The van der Waals surface area contributed by atoms with Crippen molar-refractivity contribution in [2.24, 2.45) is 0 Å². The number of benzene rings is 1. The third kappa shape index (κ3) is 2.25. The molecule has 2 aromatic rings. The smallest absolute Gasteiger partial charge is 0.309 e. The van der Waals surface area contributed by atoms with Gasteiger partial charge in [0.05, 0.1) is 4.91 Å². The van der Waals surface area contributed by atoms with Gasteiger partial charge in [-0.3, -0.25) is 0 Å². The highest BCUT2D eigenvalue weighted by molar-refractivity contribution is 5.69. The fourth-order valence-corrected chi connectivity index (χ4v) is 1.52. The third-order valence-electron chi connectivity index (χ3n) is 2.38. The molecule has 5 nitrogen and oxygen atoms in total. The monoisotopic (exact) mass is 219 g/mol. The second-order valence-electron chi connectivity index (χ2n) is 4.01. The Morgan fingerprint density at radius 1 is 1.38 bits per heavy atom. The van der Waals surface area contributed by atoms with Crippen LogP contribution in [0.3, 0.4) is 0 Å². The van der Waals surface area contributed by atoms with Gasteiger partial charge in [0.1, 0.15) is 5.52 Å². The highest BCUT2D eigenvalue weighted by Crippen LogP contribution is 2.04. The third-order valence-corrected chi connectivity index (χ3v) is 2.38. The minimum atomic E-state index is 0.566. The molecule has 1 aromatic heterocycles. The summed E-state index contributed by atoms with van der Waals surface area (Å²) in [5, 5.41) is 2.73. The molecule has 1 aromatic carbocycles. The minimum absolute atomic E-state index is 0.566. The predicted octanol–water partition coefficient (Wildman–Crippen LogP) is 0.581. The second kappa shape index (κ2) is 4.40. The molecule has 5 heteroatoms. The maximum atomic E-state index is 11.7. The number of para-hydroxylation sites is 2. The van der Waals surface area contributed by atoms with E-state index in [2.05, 4.69) is 15.0 Å². The van der Waals surface area contributed by atoms with Gasteiger partial charge in [-0.05, 0) is 20.2 Å². The van der Waals surface area contributed by atoms with E-state index in [1.165, 1.54) is 0 Å². The van der Waals surface area contributed by atoms with E-state index < -0.39 is 0 Å². The molecule has 16 heavy (non-hydrogen) atoms. The summed E-state index contributed by atoms with van der Waals surface area (Å²) in [5.74, 6) is 0.711. The average molecular weight is 219 g/mol. The molecule has 0 spiro atoms. The maximum absolute atomic E-state index is 11.7. The number of likely N-dealkylation sites (N-methyl/N-ethyl adjacent to an activating group) is 1. The molecule has 0 fully saturated rings. The van der Waals surface area contributed by atoms with Gasteiger partial charge < -0.3 is 4.90 Å². The van der Waals surface area contributed by atoms with Crippen LogP contribution in [0.2, 0.25) is 0 Å². The highest BCUT2D eigenvalue weighted by Gasteiger charge is 2.09. The van der Waals surface area contributed by atoms with Crippen LogP contribution in [-0.4, -0.2) is 35.6 Å². The number of nitrogens with zero attached hydrogens (tertiary/aromatic N) is 3. The molecule has 0 bridgehead atoms. The molecule has 0 saturated heterocycles. The van der Waals surface area contributed by atoms with Crippen LogP contribution in [0.4, 0.5) is 0 Å². The molecule has 0 amide bonds. The Hall–Kier alpha value is -1.75. The number of aromatic amines is 1. The van der Waals surface area contributed by atoms with E-state index in [1.54, 1.807) is 6.07 Å². The Kier molecular flexibility index (Phi) is 2.96. The lowest BCUT2D eigenvalue weighted by Gasteiger charge is -2.06. The van der Waals surface area contributed by atoms with E-state index in [9.17, 15) is 4.91 Å². The standard InChI is InChI=1S/C11H15N4O/c1-14(2)8-7-11-12-9-5-3-4-6-10(9)15(16)13-11/h3-6H,7-8H2,1-2H3,(H,12,13,16)/q+1. The topological polar surface area (TPSA) is 54.9 Å². The molecule has 1 N–H and O–H groups in total. The van der Waals surface area contributed by atoms with Crippen molar-refractivity contribution in [1.29, 1.82) is 0 Å². The molecule has 2 rings (SSSR count). The van der Waals surface area contributed by atoms with Gasteiger partial charge in [-0.1, -0.05) is 17.2 Å². The van der Waals surface area contributed by atoms with Crippen molar-refractivity contribution < 1.29 is 4.54 Å². The zero-order chi connectivity index (χ0) is 11.5. The lowest BCUT2D eigenvalue weighted by molar-refractivity contribution is -0.537. The Bertz CT molecular complexity index is 547. The highest BCUT2D eigenvalue weighted by atomic mass is 16.3. The molecule has 0 unspecified atom stereocenters. The molecule has 0 atom stereocenters. The molecule has 0 radical (unpaired) electrons. The molecule has 1 heterocycles. The summed E-state index contributed by atoms with van der Waals surface area (Å²) in [7, 11) is 3.98. The first kappa shape index (κ1) is 10.8. The molecule has 84 valence electrons. The van der Waals surface area contributed by atoms with E-state index in [-0.39, 0.29) is 0 Å². The van der Waals surface area contributed by atoms with Crippen LogP contribution in [0.25, 0.3) is 11.0 Å². The first-order valence-electron chi connectivity index (χ1n) is 5.22. The first-order valence-corrected chi connectivity index (χ1v) is 5.22. The van der Waals surface area contributed by atoms with Crippen LogP contribution in [0.5, 0.6) is 0 Å². The maximum Gasteiger partial charge on any atom is 0.317 e. The lowest BCUT2D eigenvalue weighted by Crippen LogP contribution is -2.25. The van der Waals surface area contributed by atoms with Gasteiger partial charge >= 0.3 is 5.52 Å². The van der Waals surface area contributed by atoms with Crippen LogP contribution < -0.4 is 4.54 Å². The quantitative estimate of drug-likeness (QED) is 0.768. The summed E-state index contributed by atoms with van der Waals surface area (Å²) in [5.41, 5.74) is 1.29. The fraction of sp³-hybridized carbons (Fsp3) is 0.364. The number of H-pyrrole nitrogens is 1. The summed E-state index contributed by atoms with van der Waals surface area (Å²) in [6.45, 7) is 0.863. The van der Waals surface area contributed by atoms with Gasteiger partial charge in [0.25, 0.3) is 0 Å². The van der Waals surface area contributed by atoms with Gasteiger partial charge in [0.15, 0.2) is 10.4 Å². The summed E-state index contributed by atoms with van der Waals surface area (Å²) in [6.07, 6.45) is 0.736. The summed E-state index contributed by atoms with van der Waals surface area (Å²) in [6, 6.07) is 7.30. The zero-order valence-electron chi connectivity index (χ0n) is 9.47. The van der Waals surface area contributed by atoms with Crippen molar-refractivity contribution in [2.45, 2.75) is 6.42 Å². The SMILES string of the molecule is CN(C)CCc1nc2ccccc2[n+](=O)[nH]1. The summed E-state index contributed by atoms with van der Waals surface area (Å²) < 4.78 is 0.771. The normalized spacial score (nSPS) is 11.2. The van der Waals surface area contributed by atoms with Crippen LogP contribution in [-0.2, 0) is 6.42 Å². The lowest BCUT2D eigenvalue weighted by atomic mass is 10.3.